The maximum Gasteiger partial charge on any atom is 0.217 e. The van der Waals surface area contributed by atoms with E-state index in [-0.39, 0.29) is 22.3 Å². The summed E-state index contributed by atoms with van der Waals surface area (Å²) >= 11 is 0. The topological polar surface area (TPSA) is 167 Å². The summed E-state index contributed by atoms with van der Waals surface area (Å²) in [6.07, 6.45) is 16.0. The quantitative estimate of drug-likeness (QED) is 0.258. The summed E-state index contributed by atoms with van der Waals surface area (Å²) in [4.78, 5) is 24.4. The Morgan fingerprint density at radius 1 is 0.600 bits per heavy atom. The van der Waals surface area contributed by atoms with E-state index in [0.717, 1.165) is 83.5 Å². The largest absolute Gasteiger partial charge is 0.345 e. The van der Waals surface area contributed by atoms with Gasteiger partial charge in [0.05, 0.1) is 57.4 Å². The van der Waals surface area contributed by atoms with Gasteiger partial charge in [0.15, 0.2) is 11.3 Å². The summed E-state index contributed by atoms with van der Waals surface area (Å²) in [7, 11) is -6.29. The van der Waals surface area contributed by atoms with Gasteiger partial charge in [0.2, 0.25) is 20.0 Å². The highest BCUT2D eigenvalue weighted by atomic mass is 32.2. The first-order chi connectivity index (χ1) is 24.1. The molecule has 0 radical (unpaired) electrons. The number of hydrogen-bond donors (Lipinski definition) is 2. The summed E-state index contributed by atoms with van der Waals surface area (Å²) < 4.78 is 58.4. The van der Waals surface area contributed by atoms with Gasteiger partial charge in [0, 0.05) is 50.4 Å². The number of hydrogen-bond acceptors (Lipinski definition) is 8. The predicted octanol–water partition coefficient (Wildman–Crippen LogP) is 4.26. The lowest BCUT2D eigenvalue weighted by Gasteiger charge is -2.35. The van der Waals surface area contributed by atoms with Gasteiger partial charge in [-0.05, 0) is 62.5 Å². The van der Waals surface area contributed by atoms with Crippen molar-refractivity contribution in [3.8, 4) is 0 Å². The minimum absolute atomic E-state index is 0.0882. The number of imidazole rings is 2. The van der Waals surface area contributed by atoms with Crippen LogP contribution in [0.4, 0.5) is 0 Å². The maximum atomic E-state index is 12.7. The van der Waals surface area contributed by atoms with E-state index in [1.165, 1.54) is 0 Å². The highest BCUT2D eigenvalue weighted by molar-refractivity contribution is 7.90. The molecule has 2 N–H and O–H groups in total. The Kier molecular flexibility index (Phi) is 7.60. The van der Waals surface area contributed by atoms with Gasteiger partial charge < -0.3 is 9.97 Å². The van der Waals surface area contributed by atoms with Gasteiger partial charge in [0.25, 0.3) is 0 Å². The molecule has 2 aliphatic carbocycles. The molecule has 6 aromatic heterocycles. The molecular weight excluding hydrogens is 677 g/mol. The van der Waals surface area contributed by atoms with Gasteiger partial charge in [-0.1, -0.05) is 13.8 Å². The number of aromatic amines is 2. The van der Waals surface area contributed by atoms with Crippen LogP contribution in [0.3, 0.4) is 0 Å². The molecule has 2 aliphatic heterocycles. The Morgan fingerprint density at radius 3 is 1.40 bits per heavy atom. The van der Waals surface area contributed by atoms with Crippen molar-refractivity contribution < 1.29 is 16.8 Å². The van der Waals surface area contributed by atoms with Crippen molar-refractivity contribution in [2.24, 2.45) is 11.8 Å². The van der Waals surface area contributed by atoms with E-state index in [4.69, 9.17) is 0 Å². The Morgan fingerprint density at radius 2 is 1.00 bits per heavy atom. The van der Waals surface area contributed by atoms with Crippen molar-refractivity contribution >= 4 is 53.4 Å². The lowest BCUT2D eigenvalue weighted by molar-refractivity contribution is 0.244. The zero-order valence-corrected chi connectivity index (χ0v) is 29.8. The summed E-state index contributed by atoms with van der Waals surface area (Å²) in [5, 5.41) is -0.307. The number of nitrogens with one attached hydrogen (secondary N) is 2. The van der Waals surface area contributed by atoms with Crippen molar-refractivity contribution in [3.05, 3.63) is 61.0 Å². The number of nitrogens with zero attached hydrogens (tertiary/aromatic N) is 8. The van der Waals surface area contributed by atoms with Crippen LogP contribution in [0.15, 0.2) is 49.3 Å². The van der Waals surface area contributed by atoms with E-state index in [0.29, 0.717) is 38.0 Å². The number of fused-ring (bicyclic) bond motifs is 6. The first kappa shape index (κ1) is 32.1. The number of piperidine rings is 2. The molecule has 0 spiro atoms. The second-order valence-electron chi connectivity index (χ2n) is 14.6. The summed E-state index contributed by atoms with van der Waals surface area (Å²) in [5.74, 6) is 2.82. The fourth-order valence-electron chi connectivity index (χ4n) is 7.89. The number of sulfonamides is 2. The zero-order valence-electron chi connectivity index (χ0n) is 28.2. The fourth-order valence-corrected chi connectivity index (χ4v) is 11.7. The van der Waals surface area contributed by atoms with Crippen molar-refractivity contribution in [1.29, 1.82) is 0 Å². The molecule has 14 nitrogen and oxygen atoms in total. The standard InChI is InChI=1S/2C17H21N5O2S/c2*1-11-5-7-21(25(23,24)13-2-3-13)10-14(11)17-20-9-12-8-19-16-15(22(12)17)4-6-18-16/h2*4,6,8-9,11,13-14,18H,2-3,5,7,10H2,1H3/t2*11-,14+/m10/s1. The van der Waals surface area contributed by atoms with Crippen LogP contribution in [0.1, 0.15) is 75.9 Å². The number of aromatic nitrogens is 8. The third-order valence-electron chi connectivity index (χ3n) is 11.3. The third-order valence-corrected chi connectivity index (χ3v) is 16.0. The van der Waals surface area contributed by atoms with Gasteiger partial charge in [0.1, 0.15) is 11.6 Å². The molecule has 16 heteroatoms. The van der Waals surface area contributed by atoms with Gasteiger partial charge in [-0.2, -0.15) is 0 Å². The highest BCUT2D eigenvalue weighted by Gasteiger charge is 2.45. The molecule has 8 heterocycles. The second kappa shape index (κ2) is 11.9. The van der Waals surface area contributed by atoms with Gasteiger partial charge in [-0.15, -0.1) is 0 Å². The summed E-state index contributed by atoms with van der Waals surface area (Å²) in [6.45, 7) is 6.69. The average Bonchev–Trinajstić information content (AvgIpc) is 3.94. The molecule has 4 fully saturated rings. The summed E-state index contributed by atoms with van der Waals surface area (Å²) in [6, 6.07) is 3.99. The molecular formula is C34H42N10O4S2. The molecule has 0 amide bonds. The lowest BCUT2D eigenvalue weighted by atomic mass is 9.87. The smallest absolute Gasteiger partial charge is 0.217 e. The minimum atomic E-state index is -3.14. The van der Waals surface area contributed by atoms with E-state index in [1.807, 2.05) is 49.3 Å². The average molecular weight is 719 g/mol. The fraction of sp³-hybridized carbons (Fsp3) is 0.529. The molecule has 2 saturated carbocycles. The van der Waals surface area contributed by atoms with Gasteiger partial charge in [-0.3, -0.25) is 8.80 Å². The normalized spacial score (nSPS) is 25.8. The van der Waals surface area contributed by atoms with Crippen molar-refractivity contribution in [3.63, 3.8) is 0 Å². The molecule has 4 aliphatic rings. The third kappa shape index (κ3) is 5.33. The number of H-pyrrole nitrogens is 2. The van der Waals surface area contributed by atoms with Crippen LogP contribution in [0, 0.1) is 11.8 Å². The van der Waals surface area contributed by atoms with Crippen molar-refractivity contribution in [2.45, 2.75) is 74.7 Å². The second-order valence-corrected chi connectivity index (χ2v) is 19.1. The first-order valence-corrected chi connectivity index (χ1v) is 20.7. The van der Waals surface area contributed by atoms with Crippen LogP contribution in [0.5, 0.6) is 0 Å². The van der Waals surface area contributed by atoms with Crippen LogP contribution >= 0.6 is 0 Å². The van der Waals surface area contributed by atoms with E-state index in [2.05, 4.69) is 52.6 Å². The molecule has 2 saturated heterocycles. The highest BCUT2D eigenvalue weighted by Crippen LogP contribution is 2.39. The Labute approximate surface area is 290 Å². The van der Waals surface area contributed by atoms with E-state index < -0.39 is 20.0 Å². The van der Waals surface area contributed by atoms with Crippen LogP contribution in [0.2, 0.25) is 0 Å². The summed E-state index contributed by atoms with van der Waals surface area (Å²) in [5.41, 5.74) is 5.49. The van der Waals surface area contributed by atoms with Crippen LogP contribution in [0.25, 0.3) is 33.4 Å². The predicted molar refractivity (Wildman–Crippen MR) is 190 cm³/mol. The molecule has 264 valence electrons. The van der Waals surface area contributed by atoms with Crippen LogP contribution in [-0.4, -0.2) is 101 Å². The van der Waals surface area contributed by atoms with Gasteiger partial charge in [-0.25, -0.2) is 45.4 Å². The minimum Gasteiger partial charge on any atom is -0.345 e. The Balaban J connectivity index is 0.000000135. The SMILES string of the molecule is C[C@@H]1CCN(S(=O)(=O)C2CC2)C[C@@H]1c1ncc2cnc3[nH]ccc3n12.C[C@H]1CCN(S(=O)(=O)C2CC2)C[C@H]1c1ncc2cnc3[nH]ccc3n12. The van der Waals surface area contributed by atoms with Gasteiger partial charge >= 0.3 is 0 Å². The molecule has 6 aromatic rings. The van der Waals surface area contributed by atoms with Crippen molar-refractivity contribution in [1.82, 2.24) is 47.3 Å². The maximum absolute atomic E-state index is 12.7. The molecule has 0 aromatic carbocycles. The van der Waals surface area contributed by atoms with E-state index >= 15 is 0 Å². The molecule has 0 bridgehead atoms. The number of rotatable bonds is 6. The first-order valence-electron chi connectivity index (χ1n) is 17.7. The molecule has 50 heavy (non-hydrogen) atoms. The molecule has 4 atom stereocenters. The zero-order chi connectivity index (χ0) is 34.4. The van der Waals surface area contributed by atoms with Crippen LogP contribution in [-0.2, 0) is 20.0 Å². The Bertz CT molecular complexity index is 2270. The Hall–Kier alpha value is -3.86. The monoisotopic (exact) mass is 718 g/mol. The molecule has 0 unspecified atom stereocenters. The van der Waals surface area contributed by atoms with E-state index in [9.17, 15) is 16.8 Å². The molecule has 10 rings (SSSR count). The van der Waals surface area contributed by atoms with Crippen molar-refractivity contribution in [2.75, 3.05) is 26.2 Å². The van der Waals surface area contributed by atoms with Crippen LogP contribution < -0.4 is 0 Å². The van der Waals surface area contributed by atoms with E-state index in [1.54, 1.807) is 8.61 Å². The lowest BCUT2D eigenvalue weighted by Crippen LogP contribution is -2.44.